The second-order valence-electron chi connectivity index (χ2n) is 6.53. The maximum atomic E-state index is 12.8. The van der Waals surface area contributed by atoms with Crippen molar-refractivity contribution in [3.63, 3.8) is 0 Å². The van der Waals surface area contributed by atoms with Crippen LogP contribution in [0.1, 0.15) is 35.2 Å². The maximum Gasteiger partial charge on any atom is 0.251 e. The van der Waals surface area contributed by atoms with Gasteiger partial charge in [0.15, 0.2) is 0 Å². The molecule has 2 aromatic carbocycles. The van der Waals surface area contributed by atoms with Gasteiger partial charge in [0.2, 0.25) is 10.0 Å². The van der Waals surface area contributed by atoms with E-state index in [1.807, 2.05) is 24.3 Å². The Kier molecular flexibility index (Phi) is 6.13. The van der Waals surface area contributed by atoms with E-state index in [0.29, 0.717) is 25.2 Å². The molecule has 1 aliphatic rings. The van der Waals surface area contributed by atoms with E-state index in [-0.39, 0.29) is 10.8 Å². The summed E-state index contributed by atoms with van der Waals surface area (Å²) in [6, 6.07) is 13.6. The van der Waals surface area contributed by atoms with Gasteiger partial charge in [0.25, 0.3) is 5.91 Å². The average Bonchev–Trinajstić information content (AvgIpc) is 2.73. The molecule has 1 heterocycles. The van der Waals surface area contributed by atoms with Gasteiger partial charge in [-0.2, -0.15) is 4.31 Å². The lowest BCUT2D eigenvalue weighted by Gasteiger charge is -2.26. The zero-order valence-electron chi connectivity index (χ0n) is 15.3. The quantitative estimate of drug-likeness (QED) is 0.826. The third-order valence-corrected chi connectivity index (χ3v) is 6.53. The second kappa shape index (κ2) is 8.54. The summed E-state index contributed by atoms with van der Waals surface area (Å²) in [5, 5.41) is 2.82. The number of hydrogen-bond donors (Lipinski definition) is 1. The minimum absolute atomic E-state index is 0.165. The molecule has 7 heteroatoms. The molecule has 0 bridgehead atoms. The number of carbonyl (C=O) groups excluding carboxylic acids is 1. The Morgan fingerprint density at radius 2 is 1.81 bits per heavy atom. The molecule has 1 amide bonds. The van der Waals surface area contributed by atoms with Crippen LogP contribution in [0.15, 0.2) is 53.4 Å². The number of carbonyl (C=O) groups is 1. The lowest BCUT2D eigenvalue weighted by atomic mass is 10.2. The van der Waals surface area contributed by atoms with E-state index in [4.69, 9.17) is 4.74 Å². The molecule has 1 N–H and O–H groups in total. The Hall–Kier alpha value is -2.38. The summed E-state index contributed by atoms with van der Waals surface area (Å²) in [4.78, 5) is 12.6. The number of piperidine rings is 1. The zero-order chi connectivity index (χ0) is 19.3. The number of benzene rings is 2. The highest BCUT2D eigenvalue weighted by atomic mass is 32.2. The summed E-state index contributed by atoms with van der Waals surface area (Å²) < 4.78 is 32.3. The number of ether oxygens (including phenoxy) is 1. The molecule has 1 saturated heterocycles. The van der Waals surface area contributed by atoms with E-state index in [1.165, 1.54) is 10.4 Å². The van der Waals surface area contributed by atoms with Gasteiger partial charge in [0, 0.05) is 25.2 Å². The second-order valence-corrected chi connectivity index (χ2v) is 8.46. The lowest BCUT2D eigenvalue weighted by molar-refractivity contribution is 0.0950. The molecule has 0 spiro atoms. The number of nitrogens with one attached hydrogen (secondary N) is 1. The first-order chi connectivity index (χ1) is 13.0. The summed E-state index contributed by atoms with van der Waals surface area (Å²) in [7, 11) is -1.97. The van der Waals surface area contributed by atoms with Crippen LogP contribution in [-0.4, -0.2) is 38.8 Å². The SMILES string of the molecule is COc1cccc(CNC(=O)c2cccc(S(=O)(=O)N3CCCCC3)c2)c1. The van der Waals surface area contributed by atoms with Crippen LogP contribution in [-0.2, 0) is 16.6 Å². The van der Waals surface area contributed by atoms with Gasteiger partial charge in [-0.1, -0.05) is 24.6 Å². The molecule has 0 atom stereocenters. The van der Waals surface area contributed by atoms with Gasteiger partial charge < -0.3 is 10.1 Å². The van der Waals surface area contributed by atoms with E-state index >= 15 is 0 Å². The first-order valence-electron chi connectivity index (χ1n) is 9.02. The largest absolute Gasteiger partial charge is 0.497 e. The molecule has 0 aliphatic carbocycles. The molecule has 3 rings (SSSR count). The highest BCUT2D eigenvalue weighted by Gasteiger charge is 2.26. The minimum Gasteiger partial charge on any atom is -0.497 e. The van der Waals surface area contributed by atoms with Crippen molar-refractivity contribution in [2.75, 3.05) is 20.2 Å². The smallest absolute Gasteiger partial charge is 0.251 e. The molecule has 2 aromatic rings. The first kappa shape index (κ1) is 19.4. The molecule has 0 unspecified atom stereocenters. The summed E-state index contributed by atoms with van der Waals surface area (Å²) in [5.74, 6) is 0.407. The number of methoxy groups -OCH3 is 1. The Morgan fingerprint density at radius 3 is 2.56 bits per heavy atom. The Labute approximate surface area is 160 Å². The van der Waals surface area contributed by atoms with Crippen LogP contribution < -0.4 is 10.1 Å². The van der Waals surface area contributed by atoms with Crippen molar-refractivity contribution in [3.8, 4) is 5.75 Å². The van der Waals surface area contributed by atoms with Gasteiger partial charge in [-0.05, 0) is 48.7 Å². The number of rotatable bonds is 6. The third kappa shape index (κ3) is 4.67. The van der Waals surface area contributed by atoms with E-state index in [9.17, 15) is 13.2 Å². The monoisotopic (exact) mass is 388 g/mol. The summed E-state index contributed by atoms with van der Waals surface area (Å²) >= 11 is 0. The van der Waals surface area contributed by atoms with E-state index in [1.54, 1.807) is 25.3 Å². The normalized spacial score (nSPS) is 15.3. The van der Waals surface area contributed by atoms with Crippen molar-refractivity contribution >= 4 is 15.9 Å². The number of hydrogen-bond acceptors (Lipinski definition) is 4. The van der Waals surface area contributed by atoms with Crippen LogP contribution >= 0.6 is 0 Å². The van der Waals surface area contributed by atoms with Gasteiger partial charge in [-0.3, -0.25) is 4.79 Å². The van der Waals surface area contributed by atoms with Gasteiger partial charge in [0.1, 0.15) is 5.75 Å². The minimum atomic E-state index is -3.56. The molecule has 0 radical (unpaired) electrons. The fraction of sp³-hybridized carbons (Fsp3) is 0.350. The maximum absolute atomic E-state index is 12.8. The average molecular weight is 388 g/mol. The van der Waals surface area contributed by atoms with Crippen LogP contribution in [0.25, 0.3) is 0 Å². The molecule has 6 nitrogen and oxygen atoms in total. The van der Waals surface area contributed by atoms with Gasteiger partial charge >= 0.3 is 0 Å². The third-order valence-electron chi connectivity index (χ3n) is 4.64. The predicted octanol–water partition coefficient (Wildman–Crippen LogP) is 2.80. The van der Waals surface area contributed by atoms with Crippen molar-refractivity contribution in [3.05, 3.63) is 59.7 Å². The van der Waals surface area contributed by atoms with Crippen molar-refractivity contribution in [1.29, 1.82) is 0 Å². The molecule has 0 aromatic heterocycles. The summed E-state index contributed by atoms with van der Waals surface area (Å²) in [5.41, 5.74) is 1.23. The molecular formula is C20H24N2O4S. The highest BCUT2D eigenvalue weighted by molar-refractivity contribution is 7.89. The van der Waals surface area contributed by atoms with Crippen LogP contribution in [0.2, 0.25) is 0 Å². The van der Waals surface area contributed by atoms with Gasteiger partial charge in [0.05, 0.1) is 12.0 Å². The van der Waals surface area contributed by atoms with E-state index in [0.717, 1.165) is 30.6 Å². The fourth-order valence-electron chi connectivity index (χ4n) is 3.12. The Morgan fingerprint density at radius 1 is 1.07 bits per heavy atom. The summed E-state index contributed by atoms with van der Waals surface area (Å²) in [6.45, 7) is 1.41. The molecule has 0 saturated carbocycles. The van der Waals surface area contributed by atoms with Crippen molar-refractivity contribution < 1.29 is 17.9 Å². The van der Waals surface area contributed by atoms with Crippen molar-refractivity contribution in [2.45, 2.75) is 30.7 Å². The van der Waals surface area contributed by atoms with Crippen LogP contribution in [0, 0.1) is 0 Å². The van der Waals surface area contributed by atoms with Gasteiger partial charge in [-0.15, -0.1) is 0 Å². The lowest BCUT2D eigenvalue weighted by Crippen LogP contribution is -2.35. The van der Waals surface area contributed by atoms with E-state index < -0.39 is 10.0 Å². The topological polar surface area (TPSA) is 75.7 Å². The number of sulfonamides is 1. The molecule has 27 heavy (non-hydrogen) atoms. The Bertz CT molecular complexity index is 906. The van der Waals surface area contributed by atoms with Crippen molar-refractivity contribution in [2.24, 2.45) is 0 Å². The Balaban J connectivity index is 1.71. The number of amides is 1. The van der Waals surface area contributed by atoms with Crippen LogP contribution in [0.4, 0.5) is 0 Å². The molecular weight excluding hydrogens is 364 g/mol. The molecule has 1 aliphatic heterocycles. The van der Waals surface area contributed by atoms with Crippen molar-refractivity contribution in [1.82, 2.24) is 9.62 Å². The number of nitrogens with zero attached hydrogens (tertiary/aromatic N) is 1. The van der Waals surface area contributed by atoms with Crippen LogP contribution in [0.3, 0.4) is 0 Å². The summed E-state index contributed by atoms with van der Waals surface area (Å²) in [6.07, 6.45) is 2.80. The fourth-order valence-corrected chi connectivity index (χ4v) is 4.68. The van der Waals surface area contributed by atoms with E-state index in [2.05, 4.69) is 5.32 Å². The van der Waals surface area contributed by atoms with Crippen LogP contribution in [0.5, 0.6) is 5.75 Å². The molecule has 1 fully saturated rings. The zero-order valence-corrected chi connectivity index (χ0v) is 16.2. The standard InChI is InChI=1S/C20H24N2O4S/c1-26-18-9-5-7-16(13-18)15-21-20(23)17-8-6-10-19(14-17)27(24,25)22-11-3-2-4-12-22/h5-10,13-14H,2-4,11-12,15H2,1H3,(H,21,23). The molecule has 144 valence electrons. The predicted molar refractivity (Wildman–Crippen MR) is 103 cm³/mol. The first-order valence-corrected chi connectivity index (χ1v) is 10.5. The van der Waals surface area contributed by atoms with Gasteiger partial charge in [-0.25, -0.2) is 8.42 Å². The highest BCUT2D eigenvalue weighted by Crippen LogP contribution is 2.21.